The molecule has 12 nitrogen and oxygen atoms in total. The van der Waals surface area contributed by atoms with Crippen LogP contribution < -0.4 is 9.47 Å². The largest absolute Gasteiger partial charge is 0.493 e. The third kappa shape index (κ3) is 5.37. The number of rotatable bonds is 8. The van der Waals surface area contributed by atoms with Crippen molar-refractivity contribution < 1.29 is 29.0 Å². The molecule has 0 N–H and O–H groups in total. The summed E-state index contributed by atoms with van der Waals surface area (Å²) in [5.41, 5.74) is -0.195. The lowest BCUT2D eigenvalue weighted by molar-refractivity contribution is -0.394. The van der Waals surface area contributed by atoms with Gasteiger partial charge in [0.15, 0.2) is 11.5 Å². The van der Waals surface area contributed by atoms with Crippen molar-refractivity contribution in [1.29, 1.82) is 0 Å². The van der Waals surface area contributed by atoms with Crippen LogP contribution >= 0.6 is 0 Å². The van der Waals surface area contributed by atoms with E-state index in [0.717, 1.165) is 12.1 Å². The third-order valence-corrected chi connectivity index (χ3v) is 4.58. The molecule has 3 aromatic carbocycles. The van der Waals surface area contributed by atoms with Gasteiger partial charge in [0.05, 0.1) is 39.1 Å². The first-order valence-corrected chi connectivity index (χ1v) is 9.45. The van der Waals surface area contributed by atoms with Gasteiger partial charge in [0.25, 0.3) is 17.1 Å². The van der Waals surface area contributed by atoms with Gasteiger partial charge in [0.2, 0.25) is 0 Å². The van der Waals surface area contributed by atoms with E-state index in [1.165, 1.54) is 61.7 Å². The average Bonchev–Trinajstić information content (AvgIpc) is 2.83. The SMILES string of the molecule is COc1cc(/C=C/c2ccc([N+](=O)[O-])cc2[N+](=O)[O-])ccc1OC(=O)c1ccc([N+](=O)[O-])cc1. The fourth-order valence-electron chi connectivity index (χ4n) is 2.88. The van der Waals surface area contributed by atoms with Crippen molar-refractivity contribution in [3.63, 3.8) is 0 Å². The van der Waals surface area contributed by atoms with Gasteiger partial charge in [-0.3, -0.25) is 30.3 Å². The van der Waals surface area contributed by atoms with Crippen LogP contribution in [0.4, 0.5) is 17.1 Å². The smallest absolute Gasteiger partial charge is 0.343 e. The number of hydrogen-bond acceptors (Lipinski definition) is 9. The monoisotopic (exact) mass is 465 g/mol. The minimum atomic E-state index is -0.752. The zero-order valence-corrected chi connectivity index (χ0v) is 17.4. The van der Waals surface area contributed by atoms with Crippen molar-refractivity contribution in [3.05, 3.63) is 108 Å². The van der Waals surface area contributed by atoms with E-state index in [4.69, 9.17) is 9.47 Å². The summed E-state index contributed by atoms with van der Waals surface area (Å²) in [5, 5.41) is 32.9. The first-order valence-electron chi connectivity index (χ1n) is 9.45. The molecule has 34 heavy (non-hydrogen) atoms. The highest BCUT2D eigenvalue weighted by Crippen LogP contribution is 2.31. The van der Waals surface area contributed by atoms with Crippen molar-refractivity contribution in [3.8, 4) is 11.5 Å². The molecule has 0 saturated heterocycles. The number of esters is 1. The number of carbonyl (C=O) groups excluding carboxylic acids is 1. The number of nitro benzene ring substituents is 3. The fourth-order valence-corrected chi connectivity index (χ4v) is 2.88. The summed E-state index contributed by atoms with van der Waals surface area (Å²) in [7, 11) is 1.35. The lowest BCUT2D eigenvalue weighted by Gasteiger charge is -2.10. The molecule has 172 valence electrons. The van der Waals surface area contributed by atoms with Gasteiger partial charge in [0, 0.05) is 18.2 Å². The summed E-state index contributed by atoms with van der Waals surface area (Å²) in [6.07, 6.45) is 2.94. The zero-order valence-electron chi connectivity index (χ0n) is 17.4. The molecule has 0 spiro atoms. The van der Waals surface area contributed by atoms with Crippen LogP contribution in [0.1, 0.15) is 21.5 Å². The molecule has 0 bridgehead atoms. The van der Waals surface area contributed by atoms with Crippen LogP contribution in [0.3, 0.4) is 0 Å². The summed E-state index contributed by atoms with van der Waals surface area (Å²) in [6, 6.07) is 12.7. The van der Waals surface area contributed by atoms with Gasteiger partial charge in [-0.1, -0.05) is 12.1 Å². The molecule has 0 aliphatic carbocycles. The second-order valence-corrected chi connectivity index (χ2v) is 6.69. The highest BCUT2D eigenvalue weighted by Gasteiger charge is 2.18. The van der Waals surface area contributed by atoms with Gasteiger partial charge in [-0.15, -0.1) is 0 Å². The summed E-state index contributed by atoms with van der Waals surface area (Å²) in [5.74, 6) is -0.474. The van der Waals surface area contributed by atoms with Crippen LogP contribution in [0, 0.1) is 30.3 Å². The van der Waals surface area contributed by atoms with Gasteiger partial charge < -0.3 is 9.47 Å². The number of nitrogens with zero attached hydrogens (tertiary/aromatic N) is 3. The Labute approximate surface area is 191 Å². The Morgan fingerprint density at radius 3 is 2.00 bits per heavy atom. The van der Waals surface area contributed by atoms with E-state index in [9.17, 15) is 35.1 Å². The molecule has 3 rings (SSSR count). The Morgan fingerprint density at radius 1 is 0.765 bits per heavy atom. The lowest BCUT2D eigenvalue weighted by atomic mass is 10.1. The van der Waals surface area contributed by atoms with Crippen LogP contribution in [0.5, 0.6) is 11.5 Å². The summed E-state index contributed by atoms with van der Waals surface area (Å²) in [6.45, 7) is 0. The summed E-state index contributed by atoms with van der Waals surface area (Å²) < 4.78 is 10.6. The van der Waals surface area contributed by atoms with E-state index < -0.39 is 32.1 Å². The molecule has 0 aromatic heterocycles. The van der Waals surface area contributed by atoms with E-state index in [0.29, 0.717) is 5.56 Å². The number of benzene rings is 3. The molecule has 0 fully saturated rings. The van der Waals surface area contributed by atoms with Crippen molar-refractivity contribution in [1.82, 2.24) is 0 Å². The van der Waals surface area contributed by atoms with Gasteiger partial charge >= 0.3 is 5.97 Å². The molecule has 0 unspecified atom stereocenters. The molecule has 0 aliphatic rings. The molecule has 12 heteroatoms. The standard InChI is InChI=1S/C22H15N3O9/c1-33-21-12-14(2-4-15-5-10-18(24(29)30)13-19(15)25(31)32)3-11-20(21)34-22(26)16-6-8-17(9-7-16)23(27)28/h2-13H,1H3/b4-2+. The average molecular weight is 465 g/mol. The quantitative estimate of drug-likeness (QED) is 0.149. The second kappa shape index (κ2) is 9.99. The fraction of sp³-hybridized carbons (Fsp3) is 0.0455. The number of hydrogen-bond donors (Lipinski definition) is 0. The van der Waals surface area contributed by atoms with Gasteiger partial charge in [-0.25, -0.2) is 4.79 Å². The van der Waals surface area contributed by atoms with E-state index in [2.05, 4.69) is 0 Å². The van der Waals surface area contributed by atoms with Crippen LogP contribution in [-0.2, 0) is 0 Å². The van der Waals surface area contributed by atoms with Crippen LogP contribution in [0.2, 0.25) is 0 Å². The number of ether oxygens (including phenoxy) is 2. The molecule has 0 saturated carbocycles. The van der Waals surface area contributed by atoms with Gasteiger partial charge in [-0.05, 0) is 42.0 Å². The lowest BCUT2D eigenvalue weighted by Crippen LogP contribution is -2.09. The molecule has 0 heterocycles. The van der Waals surface area contributed by atoms with E-state index >= 15 is 0 Å². The number of methoxy groups -OCH3 is 1. The number of non-ortho nitro benzene ring substituents is 2. The minimum absolute atomic E-state index is 0.0873. The van der Waals surface area contributed by atoms with Crippen molar-refractivity contribution >= 4 is 35.2 Å². The second-order valence-electron chi connectivity index (χ2n) is 6.69. The molecule has 0 radical (unpaired) electrons. The first-order chi connectivity index (χ1) is 16.2. The summed E-state index contributed by atoms with van der Waals surface area (Å²) >= 11 is 0. The Bertz CT molecular complexity index is 1320. The Kier molecular flexibility index (Phi) is 6.92. The van der Waals surface area contributed by atoms with E-state index in [1.54, 1.807) is 6.07 Å². The predicted molar refractivity (Wildman–Crippen MR) is 120 cm³/mol. The van der Waals surface area contributed by atoms with Gasteiger partial charge in [0.1, 0.15) is 0 Å². The van der Waals surface area contributed by atoms with Crippen LogP contribution in [-0.4, -0.2) is 27.8 Å². The maximum Gasteiger partial charge on any atom is 0.343 e. The van der Waals surface area contributed by atoms with Gasteiger partial charge in [-0.2, -0.15) is 0 Å². The van der Waals surface area contributed by atoms with E-state index in [-0.39, 0.29) is 28.3 Å². The van der Waals surface area contributed by atoms with Crippen LogP contribution in [0.15, 0.2) is 60.7 Å². The molecule has 0 aliphatic heterocycles. The maximum atomic E-state index is 12.4. The number of nitro groups is 3. The highest BCUT2D eigenvalue weighted by molar-refractivity contribution is 5.91. The molecular formula is C22H15N3O9. The molecule has 3 aromatic rings. The Hall–Kier alpha value is -5.13. The summed E-state index contributed by atoms with van der Waals surface area (Å²) in [4.78, 5) is 43.2. The highest BCUT2D eigenvalue weighted by atomic mass is 16.6. The van der Waals surface area contributed by atoms with Crippen molar-refractivity contribution in [2.75, 3.05) is 7.11 Å². The van der Waals surface area contributed by atoms with Crippen LogP contribution in [0.25, 0.3) is 12.2 Å². The predicted octanol–water partition coefficient (Wildman–Crippen LogP) is 4.81. The molecule has 0 amide bonds. The molecule has 0 atom stereocenters. The van der Waals surface area contributed by atoms with Crippen molar-refractivity contribution in [2.45, 2.75) is 0 Å². The minimum Gasteiger partial charge on any atom is -0.493 e. The van der Waals surface area contributed by atoms with Crippen molar-refractivity contribution in [2.24, 2.45) is 0 Å². The number of carbonyl (C=O) groups is 1. The Morgan fingerprint density at radius 2 is 1.41 bits per heavy atom. The normalized spacial score (nSPS) is 10.6. The molecular weight excluding hydrogens is 450 g/mol. The van der Waals surface area contributed by atoms with E-state index in [1.807, 2.05) is 0 Å². The zero-order chi connectivity index (χ0) is 24.8. The third-order valence-electron chi connectivity index (χ3n) is 4.58. The topological polar surface area (TPSA) is 165 Å². The Balaban J connectivity index is 1.82. The maximum absolute atomic E-state index is 12.4. The first kappa shape index (κ1) is 23.5.